The second-order valence-electron chi connectivity index (χ2n) is 3.20. The average Bonchev–Trinajstić information content (AvgIpc) is 2.60. The summed E-state index contributed by atoms with van der Waals surface area (Å²) in [6, 6.07) is 3.07. The van der Waals surface area contributed by atoms with Crippen LogP contribution in [-0.4, -0.2) is 15.1 Å². The molecule has 0 bridgehead atoms. The predicted molar refractivity (Wildman–Crippen MR) is 60.1 cm³/mol. The van der Waals surface area contributed by atoms with Gasteiger partial charge in [0.2, 0.25) is 0 Å². The van der Waals surface area contributed by atoms with Gasteiger partial charge in [-0.2, -0.15) is 0 Å². The highest BCUT2D eigenvalue weighted by atomic mass is 32.2. The fourth-order valence-electron chi connectivity index (χ4n) is 1.15. The molecule has 0 saturated heterocycles. The van der Waals surface area contributed by atoms with E-state index in [2.05, 4.69) is 15.1 Å². The number of hydrogen-bond donors (Lipinski definition) is 2. The number of aromatic amines is 1. The van der Waals surface area contributed by atoms with Gasteiger partial charge in [-0.1, -0.05) is 16.9 Å². The molecule has 0 fully saturated rings. The lowest BCUT2D eigenvalue weighted by Gasteiger charge is -1.98. The van der Waals surface area contributed by atoms with E-state index in [0.717, 1.165) is 11.5 Å². The quantitative estimate of drug-likeness (QED) is 0.610. The van der Waals surface area contributed by atoms with Crippen LogP contribution in [0.5, 0.6) is 0 Å². The van der Waals surface area contributed by atoms with E-state index in [1.54, 1.807) is 0 Å². The summed E-state index contributed by atoms with van der Waals surface area (Å²) in [5, 5.41) is 4.23. The second kappa shape index (κ2) is 4.40. The van der Waals surface area contributed by atoms with Gasteiger partial charge in [0.1, 0.15) is 11.6 Å². The van der Waals surface area contributed by atoms with Crippen molar-refractivity contribution in [1.29, 1.82) is 0 Å². The van der Waals surface area contributed by atoms with Gasteiger partial charge in [0.05, 0.1) is 11.4 Å². The van der Waals surface area contributed by atoms with Crippen LogP contribution in [-0.2, 0) is 5.75 Å². The van der Waals surface area contributed by atoms with Crippen LogP contribution in [0.15, 0.2) is 26.6 Å². The van der Waals surface area contributed by atoms with E-state index in [0.29, 0.717) is 10.9 Å². The first-order valence-electron chi connectivity index (χ1n) is 4.55. The summed E-state index contributed by atoms with van der Waals surface area (Å²) < 4.78 is 5.02. The van der Waals surface area contributed by atoms with Gasteiger partial charge in [0.25, 0.3) is 5.56 Å². The van der Waals surface area contributed by atoms with E-state index in [9.17, 15) is 4.79 Å². The minimum Gasteiger partial charge on any atom is -0.383 e. The fraction of sp³-hybridized carbons (Fsp3) is 0.222. The molecule has 0 spiro atoms. The van der Waals surface area contributed by atoms with Gasteiger partial charge in [-0.05, 0) is 6.92 Å². The van der Waals surface area contributed by atoms with E-state index in [1.807, 2.05) is 13.0 Å². The molecule has 3 N–H and O–H groups in total. The number of aromatic nitrogens is 3. The Balaban J connectivity index is 2.07. The summed E-state index contributed by atoms with van der Waals surface area (Å²) in [4.78, 5) is 17.7. The molecule has 6 nitrogen and oxygen atoms in total. The number of nitrogens with one attached hydrogen (secondary N) is 1. The Morgan fingerprint density at radius 2 is 2.38 bits per heavy atom. The molecular weight excluding hydrogens is 228 g/mol. The molecule has 2 aromatic heterocycles. The van der Waals surface area contributed by atoms with Crippen LogP contribution >= 0.6 is 11.8 Å². The smallest absolute Gasteiger partial charge is 0.253 e. The number of anilines is 1. The highest BCUT2D eigenvalue weighted by Gasteiger charge is 2.04. The first-order chi connectivity index (χ1) is 7.63. The van der Waals surface area contributed by atoms with Crippen LogP contribution in [0.1, 0.15) is 11.5 Å². The Kier molecular flexibility index (Phi) is 2.95. The number of hydrogen-bond acceptors (Lipinski definition) is 6. The normalized spacial score (nSPS) is 10.6. The van der Waals surface area contributed by atoms with E-state index < -0.39 is 0 Å². The number of nitrogens with zero attached hydrogens (tertiary/aromatic N) is 2. The Morgan fingerprint density at radius 3 is 3.00 bits per heavy atom. The maximum Gasteiger partial charge on any atom is 0.253 e. The van der Waals surface area contributed by atoms with E-state index >= 15 is 0 Å². The van der Waals surface area contributed by atoms with Gasteiger partial charge in [0.15, 0.2) is 5.16 Å². The number of nitrogen functional groups attached to an aromatic ring is 1. The second-order valence-corrected chi connectivity index (χ2v) is 4.16. The molecule has 0 amide bonds. The van der Waals surface area contributed by atoms with Gasteiger partial charge in [-0.25, -0.2) is 4.98 Å². The molecular formula is C9H10N4O2S. The third kappa shape index (κ3) is 2.63. The molecule has 0 aliphatic rings. The molecule has 0 unspecified atom stereocenters. The van der Waals surface area contributed by atoms with Crippen LogP contribution in [0.3, 0.4) is 0 Å². The predicted octanol–water partition coefficient (Wildman–Crippen LogP) is 0.941. The molecule has 7 heteroatoms. The Morgan fingerprint density at radius 1 is 1.56 bits per heavy atom. The van der Waals surface area contributed by atoms with E-state index in [1.165, 1.54) is 17.8 Å². The van der Waals surface area contributed by atoms with Crippen molar-refractivity contribution in [3.05, 3.63) is 33.9 Å². The van der Waals surface area contributed by atoms with Gasteiger partial charge in [0, 0.05) is 12.1 Å². The maximum atomic E-state index is 11.1. The molecule has 0 aliphatic heterocycles. The summed E-state index contributed by atoms with van der Waals surface area (Å²) in [5.41, 5.74) is 6.02. The van der Waals surface area contributed by atoms with Gasteiger partial charge in [-0.15, -0.1) is 0 Å². The SMILES string of the molecule is Cc1cc(CSc2nc(N)cc(=O)[nH]2)on1. The molecule has 2 heterocycles. The first-order valence-corrected chi connectivity index (χ1v) is 5.54. The zero-order chi connectivity index (χ0) is 11.5. The first kappa shape index (κ1) is 10.7. The van der Waals surface area contributed by atoms with Crippen molar-refractivity contribution >= 4 is 17.6 Å². The highest BCUT2D eigenvalue weighted by molar-refractivity contribution is 7.98. The van der Waals surface area contributed by atoms with Crippen molar-refractivity contribution in [2.24, 2.45) is 0 Å². The number of rotatable bonds is 3. The van der Waals surface area contributed by atoms with Crippen LogP contribution < -0.4 is 11.3 Å². The standard InChI is InChI=1S/C9H10N4O2S/c1-5-2-6(15-13-5)4-16-9-11-7(10)3-8(14)12-9/h2-3H,4H2,1H3,(H3,10,11,12,14). The topological polar surface area (TPSA) is 97.8 Å². The molecule has 0 atom stereocenters. The summed E-state index contributed by atoms with van der Waals surface area (Å²) in [6.07, 6.45) is 0. The lowest BCUT2D eigenvalue weighted by Crippen LogP contribution is -2.09. The molecule has 2 aromatic rings. The van der Waals surface area contributed by atoms with Crippen molar-refractivity contribution in [3.63, 3.8) is 0 Å². The molecule has 0 radical (unpaired) electrons. The minimum absolute atomic E-state index is 0.208. The molecule has 0 aromatic carbocycles. The van der Waals surface area contributed by atoms with Crippen LogP contribution in [0.25, 0.3) is 0 Å². The van der Waals surface area contributed by atoms with E-state index in [4.69, 9.17) is 10.3 Å². The summed E-state index contributed by atoms with van der Waals surface area (Å²) >= 11 is 1.33. The lowest BCUT2D eigenvalue weighted by molar-refractivity contribution is 0.391. The Bertz CT molecular complexity index is 548. The largest absolute Gasteiger partial charge is 0.383 e. The third-order valence-corrected chi connectivity index (χ3v) is 2.66. The molecule has 16 heavy (non-hydrogen) atoms. The Hall–Kier alpha value is -1.76. The molecule has 84 valence electrons. The molecule has 2 rings (SSSR count). The molecule has 0 aliphatic carbocycles. The van der Waals surface area contributed by atoms with Crippen molar-refractivity contribution in [2.45, 2.75) is 17.8 Å². The average molecular weight is 238 g/mol. The zero-order valence-corrected chi connectivity index (χ0v) is 9.37. The summed E-state index contributed by atoms with van der Waals surface area (Å²) in [5.74, 6) is 1.49. The van der Waals surface area contributed by atoms with Crippen LogP contribution in [0.2, 0.25) is 0 Å². The number of nitrogens with two attached hydrogens (primary N) is 1. The fourth-order valence-corrected chi connectivity index (χ4v) is 1.90. The molecule has 0 saturated carbocycles. The van der Waals surface area contributed by atoms with Crippen molar-refractivity contribution in [2.75, 3.05) is 5.73 Å². The van der Waals surface area contributed by atoms with Crippen molar-refractivity contribution < 1.29 is 4.52 Å². The lowest BCUT2D eigenvalue weighted by atomic mass is 10.4. The number of thioether (sulfide) groups is 1. The summed E-state index contributed by atoms with van der Waals surface area (Å²) in [7, 11) is 0. The van der Waals surface area contributed by atoms with Crippen LogP contribution in [0, 0.1) is 6.92 Å². The van der Waals surface area contributed by atoms with E-state index in [-0.39, 0.29) is 11.4 Å². The summed E-state index contributed by atoms with van der Waals surface area (Å²) in [6.45, 7) is 1.85. The highest BCUT2D eigenvalue weighted by Crippen LogP contribution is 2.18. The van der Waals surface area contributed by atoms with Gasteiger partial charge >= 0.3 is 0 Å². The van der Waals surface area contributed by atoms with Crippen molar-refractivity contribution in [1.82, 2.24) is 15.1 Å². The number of aryl methyl sites for hydroxylation is 1. The minimum atomic E-state index is -0.260. The van der Waals surface area contributed by atoms with Crippen LogP contribution in [0.4, 0.5) is 5.82 Å². The third-order valence-electron chi connectivity index (χ3n) is 1.77. The number of H-pyrrole nitrogens is 1. The van der Waals surface area contributed by atoms with Crippen molar-refractivity contribution in [3.8, 4) is 0 Å². The zero-order valence-electron chi connectivity index (χ0n) is 8.56. The van der Waals surface area contributed by atoms with Gasteiger partial charge in [-0.3, -0.25) is 4.79 Å². The van der Waals surface area contributed by atoms with Gasteiger partial charge < -0.3 is 15.2 Å². The monoisotopic (exact) mass is 238 g/mol. The Labute approximate surface area is 95.2 Å². The maximum absolute atomic E-state index is 11.1.